The Morgan fingerprint density at radius 3 is 2.65 bits per heavy atom. The van der Waals surface area contributed by atoms with Crippen LogP contribution in [0.1, 0.15) is 6.92 Å². The second kappa shape index (κ2) is 5.49. The van der Waals surface area contributed by atoms with Crippen molar-refractivity contribution in [1.82, 2.24) is 4.31 Å². The summed E-state index contributed by atoms with van der Waals surface area (Å²) in [6, 6.07) is 6.07. The van der Waals surface area contributed by atoms with Crippen LogP contribution in [0.25, 0.3) is 0 Å². The van der Waals surface area contributed by atoms with Gasteiger partial charge in [-0.1, -0.05) is 18.2 Å². The van der Waals surface area contributed by atoms with E-state index >= 15 is 0 Å². The summed E-state index contributed by atoms with van der Waals surface area (Å²) >= 11 is 0. The highest BCUT2D eigenvalue weighted by molar-refractivity contribution is 7.89. The van der Waals surface area contributed by atoms with Gasteiger partial charge < -0.3 is 9.47 Å². The van der Waals surface area contributed by atoms with Crippen LogP contribution >= 0.6 is 0 Å². The molecular formula is C12H13NO6S. The van der Waals surface area contributed by atoms with Crippen molar-refractivity contribution >= 4 is 22.1 Å². The third-order valence-electron chi connectivity index (χ3n) is 2.69. The number of esters is 1. The predicted molar refractivity (Wildman–Crippen MR) is 67.2 cm³/mol. The van der Waals surface area contributed by atoms with Gasteiger partial charge in [0, 0.05) is 0 Å². The van der Waals surface area contributed by atoms with Crippen molar-refractivity contribution in [2.75, 3.05) is 13.2 Å². The van der Waals surface area contributed by atoms with Crippen LogP contribution in [0.2, 0.25) is 0 Å². The van der Waals surface area contributed by atoms with E-state index in [9.17, 15) is 18.0 Å². The van der Waals surface area contributed by atoms with Crippen molar-refractivity contribution in [2.24, 2.45) is 0 Å². The Kier molecular flexibility index (Phi) is 3.93. The van der Waals surface area contributed by atoms with Gasteiger partial charge in [-0.05, 0) is 19.1 Å². The van der Waals surface area contributed by atoms with Crippen molar-refractivity contribution in [3.05, 3.63) is 30.3 Å². The maximum absolute atomic E-state index is 12.4. The Hall–Kier alpha value is -2.09. The summed E-state index contributed by atoms with van der Waals surface area (Å²) in [5.74, 6) is -0.808. The van der Waals surface area contributed by atoms with E-state index in [1.807, 2.05) is 0 Å². The van der Waals surface area contributed by atoms with Crippen LogP contribution in [-0.2, 0) is 24.3 Å². The van der Waals surface area contributed by atoms with Crippen LogP contribution in [-0.4, -0.2) is 44.0 Å². The second-order valence-electron chi connectivity index (χ2n) is 3.96. The second-order valence-corrected chi connectivity index (χ2v) is 5.77. The Labute approximate surface area is 116 Å². The number of nitrogens with zero attached hydrogens (tertiary/aromatic N) is 1. The van der Waals surface area contributed by atoms with Gasteiger partial charge in [0.1, 0.15) is 6.61 Å². The van der Waals surface area contributed by atoms with E-state index in [2.05, 4.69) is 4.74 Å². The van der Waals surface area contributed by atoms with E-state index in [0.717, 1.165) is 0 Å². The van der Waals surface area contributed by atoms with Crippen molar-refractivity contribution in [3.63, 3.8) is 0 Å². The fraction of sp³-hybridized carbons (Fsp3) is 0.333. The van der Waals surface area contributed by atoms with Crippen LogP contribution in [0.15, 0.2) is 35.2 Å². The van der Waals surface area contributed by atoms with Crippen LogP contribution in [0.3, 0.4) is 0 Å². The normalized spacial score (nSPS) is 18.8. The number of carbonyl (C=O) groups excluding carboxylic acids is 2. The third-order valence-corrected chi connectivity index (χ3v) is 4.48. The van der Waals surface area contributed by atoms with Gasteiger partial charge >= 0.3 is 12.1 Å². The molecule has 1 aromatic rings. The first kappa shape index (κ1) is 14.3. The molecule has 1 atom stereocenters. The maximum atomic E-state index is 12.4. The fourth-order valence-electron chi connectivity index (χ4n) is 1.78. The molecule has 0 N–H and O–H groups in total. The van der Waals surface area contributed by atoms with E-state index in [0.29, 0.717) is 4.31 Å². The molecule has 0 bridgehead atoms. The highest BCUT2D eigenvalue weighted by atomic mass is 32.2. The lowest BCUT2D eigenvalue weighted by molar-refractivity contribution is -0.146. The molecule has 0 spiro atoms. The molecule has 1 fully saturated rings. The number of hydrogen-bond donors (Lipinski definition) is 0. The molecule has 1 saturated heterocycles. The van der Waals surface area contributed by atoms with Gasteiger partial charge in [0.15, 0.2) is 6.04 Å². The van der Waals surface area contributed by atoms with Crippen LogP contribution in [0.5, 0.6) is 0 Å². The zero-order valence-corrected chi connectivity index (χ0v) is 11.5. The number of sulfonamides is 1. The van der Waals surface area contributed by atoms with Gasteiger partial charge in [0.2, 0.25) is 0 Å². The number of amides is 1. The van der Waals surface area contributed by atoms with Crippen molar-refractivity contribution in [3.8, 4) is 0 Å². The Morgan fingerprint density at radius 2 is 2.05 bits per heavy atom. The fourth-order valence-corrected chi connectivity index (χ4v) is 3.24. The molecule has 0 saturated carbocycles. The maximum Gasteiger partial charge on any atom is 0.424 e. The van der Waals surface area contributed by atoms with E-state index in [1.54, 1.807) is 13.0 Å². The van der Waals surface area contributed by atoms with Gasteiger partial charge in [0.05, 0.1) is 11.5 Å². The van der Waals surface area contributed by atoms with E-state index in [4.69, 9.17) is 4.74 Å². The van der Waals surface area contributed by atoms with E-state index in [-0.39, 0.29) is 18.1 Å². The van der Waals surface area contributed by atoms with Crippen LogP contribution in [0, 0.1) is 0 Å². The average Bonchev–Trinajstić information content (AvgIpc) is 2.83. The molecule has 7 nitrogen and oxygen atoms in total. The van der Waals surface area contributed by atoms with Gasteiger partial charge in [-0.3, -0.25) is 0 Å². The molecule has 1 aliphatic rings. The number of benzene rings is 1. The first-order valence-corrected chi connectivity index (χ1v) is 7.35. The molecule has 1 amide bonds. The number of ether oxygens (including phenoxy) is 2. The topological polar surface area (TPSA) is 90.0 Å². The number of hydrogen-bond acceptors (Lipinski definition) is 6. The van der Waals surface area contributed by atoms with Gasteiger partial charge in [-0.25, -0.2) is 18.0 Å². The lowest BCUT2D eigenvalue weighted by atomic mass is 10.3. The molecule has 2 rings (SSSR count). The highest BCUT2D eigenvalue weighted by Gasteiger charge is 2.47. The lowest BCUT2D eigenvalue weighted by Crippen LogP contribution is -2.44. The minimum atomic E-state index is -4.14. The smallest absolute Gasteiger partial charge is 0.424 e. The first-order chi connectivity index (χ1) is 9.48. The van der Waals surface area contributed by atoms with Gasteiger partial charge in [-0.15, -0.1) is 0 Å². The summed E-state index contributed by atoms with van der Waals surface area (Å²) in [6.45, 7) is 1.33. The van der Waals surface area contributed by atoms with Gasteiger partial charge in [0.25, 0.3) is 10.0 Å². The third kappa shape index (κ3) is 2.46. The molecular weight excluding hydrogens is 286 g/mol. The predicted octanol–water partition coefficient (Wildman–Crippen LogP) is 0.759. The summed E-state index contributed by atoms with van der Waals surface area (Å²) in [7, 11) is -4.14. The zero-order chi connectivity index (χ0) is 14.8. The standard InChI is InChI=1S/C12H13NO6S/c1-2-18-11(14)10-8-19-12(15)13(10)20(16,17)9-6-4-3-5-7-9/h3-7,10H,2,8H2,1H3/t10-/m0/s1. The Morgan fingerprint density at radius 1 is 1.40 bits per heavy atom. The molecule has 8 heteroatoms. The average molecular weight is 299 g/mol. The SMILES string of the molecule is CCOC(=O)[C@@H]1COC(=O)N1S(=O)(=O)c1ccccc1. The quantitative estimate of drug-likeness (QED) is 0.762. The van der Waals surface area contributed by atoms with Crippen LogP contribution in [0.4, 0.5) is 4.79 Å². The molecule has 0 unspecified atom stereocenters. The molecule has 0 aromatic heterocycles. The number of carbonyl (C=O) groups is 2. The molecule has 1 aromatic carbocycles. The minimum Gasteiger partial charge on any atom is -0.464 e. The molecule has 0 aliphatic carbocycles. The Balaban J connectivity index is 2.38. The van der Waals surface area contributed by atoms with Crippen molar-refractivity contribution in [1.29, 1.82) is 0 Å². The van der Waals surface area contributed by atoms with Gasteiger partial charge in [-0.2, -0.15) is 4.31 Å². The lowest BCUT2D eigenvalue weighted by Gasteiger charge is -2.19. The van der Waals surface area contributed by atoms with Crippen molar-refractivity contribution in [2.45, 2.75) is 17.9 Å². The highest BCUT2D eigenvalue weighted by Crippen LogP contribution is 2.24. The molecule has 108 valence electrons. The van der Waals surface area contributed by atoms with Crippen LogP contribution < -0.4 is 0 Å². The molecule has 1 heterocycles. The molecule has 20 heavy (non-hydrogen) atoms. The number of cyclic esters (lactones) is 1. The minimum absolute atomic E-state index is 0.0861. The Bertz CT molecular complexity index is 612. The number of rotatable bonds is 4. The van der Waals surface area contributed by atoms with Crippen molar-refractivity contribution < 1.29 is 27.5 Å². The van der Waals surface area contributed by atoms with E-state index < -0.39 is 28.1 Å². The summed E-state index contributed by atoms with van der Waals surface area (Å²) < 4.78 is 34.6. The largest absolute Gasteiger partial charge is 0.464 e. The molecule has 1 aliphatic heterocycles. The molecule has 0 radical (unpaired) electrons. The summed E-state index contributed by atoms with van der Waals surface area (Å²) in [5.41, 5.74) is 0. The first-order valence-electron chi connectivity index (χ1n) is 5.91. The summed E-state index contributed by atoms with van der Waals surface area (Å²) in [4.78, 5) is 23.3. The zero-order valence-electron chi connectivity index (χ0n) is 10.7. The summed E-state index contributed by atoms with van der Waals surface area (Å²) in [6.07, 6.45) is -1.08. The summed E-state index contributed by atoms with van der Waals surface area (Å²) in [5, 5.41) is 0. The monoisotopic (exact) mass is 299 g/mol. The van der Waals surface area contributed by atoms with E-state index in [1.165, 1.54) is 24.3 Å².